The third-order valence-corrected chi connectivity index (χ3v) is 5.82. The Morgan fingerprint density at radius 3 is 1.52 bits per heavy atom. The minimum atomic E-state index is -0.591. The summed E-state index contributed by atoms with van der Waals surface area (Å²) < 4.78 is 6.20. The molecule has 0 fully saturated rings. The summed E-state index contributed by atoms with van der Waals surface area (Å²) in [5, 5.41) is 10.2. The molecule has 0 spiro atoms. The van der Waals surface area contributed by atoms with Crippen molar-refractivity contribution in [1.82, 2.24) is 0 Å². The zero-order valence-electron chi connectivity index (χ0n) is 21.5. The first-order valence-corrected chi connectivity index (χ1v) is 12.9. The predicted molar refractivity (Wildman–Crippen MR) is 129 cm³/mol. The summed E-state index contributed by atoms with van der Waals surface area (Å²) in [6.07, 6.45) is 19.1. The largest absolute Gasteiger partial charge is 1.00 e. The molecule has 0 radical (unpaired) electrons. The lowest BCUT2D eigenvalue weighted by Gasteiger charge is -2.26. The molecule has 2 atom stereocenters. The minimum absolute atomic E-state index is 0. The SMILES string of the molecule is CCCCCCCCCCC(CCCCCCCC)C(=O)OCC(O)C[N+](C)(C)C.[Cl-]. The topological polar surface area (TPSA) is 46.5 Å². The number of rotatable bonds is 21. The molecule has 188 valence electrons. The Hall–Kier alpha value is -0.320. The Bertz CT molecular complexity index is 399. The van der Waals surface area contributed by atoms with Gasteiger partial charge in [-0.05, 0) is 12.8 Å². The lowest BCUT2D eigenvalue weighted by atomic mass is 9.94. The highest BCUT2D eigenvalue weighted by molar-refractivity contribution is 5.72. The summed E-state index contributed by atoms with van der Waals surface area (Å²) in [5.74, 6) is -0.0837. The number of quaternary nitrogens is 1. The Balaban J connectivity index is 0. The molecule has 0 amide bonds. The zero-order valence-corrected chi connectivity index (χ0v) is 22.2. The van der Waals surface area contributed by atoms with E-state index in [0.717, 1.165) is 25.7 Å². The van der Waals surface area contributed by atoms with E-state index in [1.54, 1.807) is 0 Å². The lowest BCUT2D eigenvalue weighted by Crippen LogP contribution is -3.00. The number of carbonyl (C=O) groups excluding carboxylic acids is 1. The number of carbonyl (C=O) groups is 1. The van der Waals surface area contributed by atoms with Crippen molar-refractivity contribution in [2.24, 2.45) is 5.92 Å². The highest BCUT2D eigenvalue weighted by Gasteiger charge is 2.22. The maximum absolute atomic E-state index is 12.7. The lowest BCUT2D eigenvalue weighted by molar-refractivity contribution is -0.873. The monoisotopic (exact) mass is 463 g/mol. The van der Waals surface area contributed by atoms with Crippen molar-refractivity contribution in [2.75, 3.05) is 34.3 Å². The second kappa shape index (κ2) is 21.5. The van der Waals surface area contributed by atoms with Gasteiger partial charge in [0.25, 0.3) is 0 Å². The number of hydrogen-bond acceptors (Lipinski definition) is 3. The molecule has 0 aliphatic heterocycles. The van der Waals surface area contributed by atoms with E-state index in [2.05, 4.69) is 13.8 Å². The van der Waals surface area contributed by atoms with Crippen LogP contribution in [-0.2, 0) is 9.53 Å². The Kier molecular flexibility index (Phi) is 22.8. The van der Waals surface area contributed by atoms with Crippen LogP contribution < -0.4 is 12.4 Å². The average molecular weight is 464 g/mol. The zero-order chi connectivity index (χ0) is 22.7. The van der Waals surface area contributed by atoms with Gasteiger partial charge in [0.1, 0.15) is 19.3 Å². The first kappa shape index (κ1) is 32.9. The smallest absolute Gasteiger partial charge is 0.309 e. The molecule has 4 nitrogen and oxygen atoms in total. The van der Waals surface area contributed by atoms with Crippen LogP contribution in [0.3, 0.4) is 0 Å². The molecular formula is C26H54ClNO3. The van der Waals surface area contributed by atoms with E-state index in [1.165, 1.54) is 77.0 Å². The minimum Gasteiger partial charge on any atom is -1.00 e. The van der Waals surface area contributed by atoms with Gasteiger partial charge in [0.05, 0.1) is 27.1 Å². The number of esters is 1. The Labute approximate surface area is 200 Å². The standard InChI is InChI=1S/C26H54NO3.ClH/c1-6-8-10-12-14-15-17-19-21-24(20-18-16-13-11-9-7-2)26(29)30-23-25(28)22-27(3,4)5;/h24-25,28H,6-23H2,1-5H3;1H/q+1;/p-1. The second-order valence-electron chi connectivity index (χ2n) is 10.3. The summed E-state index contributed by atoms with van der Waals surface area (Å²) in [7, 11) is 6.11. The van der Waals surface area contributed by atoms with Crippen LogP contribution in [0.1, 0.15) is 117 Å². The number of hydrogen-bond donors (Lipinski definition) is 1. The van der Waals surface area contributed by atoms with Crippen LogP contribution in [0.2, 0.25) is 0 Å². The van der Waals surface area contributed by atoms with Gasteiger partial charge in [-0.3, -0.25) is 4.79 Å². The first-order chi connectivity index (χ1) is 14.3. The van der Waals surface area contributed by atoms with Crippen LogP contribution in [0.25, 0.3) is 0 Å². The van der Waals surface area contributed by atoms with Gasteiger partial charge in [0, 0.05) is 0 Å². The van der Waals surface area contributed by atoms with Crippen LogP contribution in [0.5, 0.6) is 0 Å². The molecule has 1 N–H and O–H groups in total. The molecule has 0 aliphatic carbocycles. The first-order valence-electron chi connectivity index (χ1n) is 12.9. The fraction of sp³-hybridized carbons (Fsp3) is 0.962. The van der Waals surface area contributed by atoms with Crippen molar-refractivity contribution >= 4 is 5.97 Å². The van der Waals surface area contributed by atoms with Gasteiger partial charge in [-0.15, -0.1) is 0 Å². The molecular weight excluding hydrogens is 410 g/mol. The Morgan fingerprint density at radius 1 is 0.742 bits per heavy atom. The van der Waals surface area contributed by atoms with E-state index in [-0.39, 0.29) is 30.9 Å². The summed E-state index contributed by atoms with van der Waals surface area (Å²) in [5.41, 5.74) is 0. The van der Waals surface area contributed by atoms with E-state index >= 15 is 0 Å². The molecule has 0 saturated heterocycles. The third kappa shape index (κ3) is 22.7. The van der Waals surface area contributed by atoms with Gasteiger partial charge in [-0.25, -0.2) is 0 Å². The summed E-state index contributed by atoms with van der Waals surface area (Å²) in [4.78, 5) is 12.7. The quantitative estimate of drug-likeness (QED) is 0.161. The van der Waals surface area contributed by atoms with E-state index < -0.39 is 6.10 Å². The number of nitrogens with zero attached hydrogens (tertiary/aromatic N) is 1. The predicted octanol–water partition coefficient (Wildman–Crippen LogP) is 3.50. The summed E-state index contributed by atoms with van der Waals surface area (Å²) in [6, 6.07) is 0. The van der Waals surface area contributed by atoms with E-state index in [4.69, 9.17) is 4.74 Å². The van der Waals surface area contributed by atoms with Gasteiger partial charge in [0.15, 0.2) is 0 Å². The number of likely N-dealkylation sites (N-methyl/N-ethyl adjacent to an activating group) is 1. The van der Waals surface area contributed by atoms with Crippen LogP contribution in [0.4, 0.5) is 0 Å². The number of ether oxygens (including phenoxy) is 1. The second-order valence-corrected chi connectivity index (χ2v) is 10.3. The molecule has 0 bridgehead atoms. The van der Waals surface area contributed by atoms with Crippen molar-refractivity contribution in [3.8, 4) is 0 Å². The number of unbranched alkanes of at least 4 members (excludes halogenated alkanes) is 12. The molecule has 0 saturated carbocycles. The third-order valence-electron chi connectivity index (χ3n) is 5.82. The Morgan fingerprint density at radius 2 is 1.13 bits per heavy atom. The van der Waals surface area contributed by atoms with Crippen LogP contribution in [0.15, 0.2) is 0 Å². The van der Waals surface area contributed by atoms with Crippen molar-refractivity contribution in [3.05, 3.63) is 0 Å². The number of halogens is 1. The maximum Gasteiger partial charge on any atom is 0.309 e. The normalized spacial score (nSPS) is 13.5. The molecule has 0 aromatic rings. The van der Waals surface area contributed by atoms with Crippen LogP contribution >= 0.6 is 0 Å². The fourth-order valence-electron chi connectivity index (χ4n) is 4.06. The summed E-state index contributed by atoms with van der Waals surface area (Å²) in [6.45, 7) is 5.21. The van der Waals surface area contributed by atoms with Gasteiger partial charge in [-0.2, -0.15) is 0 Å². The van der Waals surface area contributed by atoms with Crippen LogP contribution in [0, 0.1) is 5.92 Å². The molecule has 0 aliphatic rings. The van der Waals surface area contributed by atoms with Gasteiger partial charge < -0.3 is 26.7 Å². The molecule has 5 heteroatoms. The van der Waals surface area contributed by atoms with Gasteiger partial charge in [0.2, 0.25) is 0 Å². The highest BCUT2D eigenvalue weighted by atomic mass is 35.5. The van der Waals surface area contributed by atoms with Gasteiger partial charge >= 0.3 is 5.97 Å². The molecule has 0 aromatic heterocycles. The highest BCUT2D eigenvalue weighted by Crippen LogP contribution is 2.21. The summed E-state index contributed by atoms with van der Waals surface area (Å²) >= 11 is 0. The van der Waals surface area contributed by atoms with E-state index in [1.807, 2.05) is 21.1 Å². The fourth-order valence-corrected chi connectivity index (χ4v) is 4.06. The van der Waals surface area contributed by atoms with Crippen molar-refractivity contribution < 1.29 is 31.5 Å². The number of aliphatic hydroxyl groups excluding tert-OH is 1. The molecule has 0 rings (SSSR count). The molecule has 2 unspecified atom stereocenters. The van der Waals surface area contributed by atoms with Crippen molar-refractivity contribution in [1.29, 1.82) is 0 Å². The molecule has 0 heterocycles. The number of aliphatic hydroxyl groups is 1. The van der Waals surface area contributed by atoms with Gasteiger partial charge in [-0.1, -0.05) is 104 Å². The van der Waals surface area contributed by atoms with E-state index in [9.17, 15) is 9.90 Å². The average Bonchev–Trinajstić information content (AvgIpc) is 2.67. The van der Waals surface area contributed by atoms with Crippen molar-refractivity contribution in [2.45, 2.75) is 123 Å². The maximum atomic E-state index is 12.7. The van der Waals surface area contributed by atoms with Crippen LogP contribution in [-0.4, -0.2) is 56.0 Å². The molecule has 0 aromatic carbocycles. The van der Waals surface area contributed by atoms with Crippen molar-refractivity contribution in [3.63, 3.8) is 0 Å². The van der Waals surface area contributed by atoms with E-state index in [0.29, 0.717) is 11.0 Å². The molecule has 31 heavy (non-hydrogen) atoms.